The van der Waals surface area contributed by atoms with Crippen molar-refractivity contribution in [1.29, 1.82) is 0 Å². The molecule has 19 heavy (non-hydrogen) atoms. The molecule has 0 aliphatic heterocycles. The van der Waals surface area contributed by atoms with E-state index >= 15 is 0 Å². The van der Waals surface area contributed by atoms with Gasteiger partial charge in [0.2, 0.25) is 0 Å². The summed E-state index contributed by atoms with van der Waals surface area (Å²) in [5, 5.41) is 0. The summed E-state index contributed by atoms with van der Waals surface area (Å²) in [6.45, 7) is 0. The van der Waals surface area contributed by atoms with Gasteiger partial charge in [-0.25, -0.2) is 0 Å². The molecule has 0 spiro atoms. The molecule has 0 aromatic heterocycles. The molecular formula is C18H19N. The standard InChI is InChI=1S/C18H19N/c1-19(2)18(17-14-10-7-11-15-17)16-12-8-5-3-4-6-9-13-16/h3-15H,1-2H3/b5-3-,6-4-,12-8-,13-9-. The van der Waals surface area contributed by atoms with Crippen molar-refractivity contribution in [3.8, 4) is 0 Å². The van der Waals surface area contributed by atoms with Crippen LogP contribution in [0.3, 0.4) is 0 Å². The van der Waals surface area contributed by atoms with Crippen molar-refractivity contribution in [1.82, 2.24) is 4.90 Å². The van der Waals surface area contributed by atoms with Gasteiger partial charge in [-0.1, -0.05) is 78.9 Å². The molecule has 0 N–H and O–H groups in total. The summed E-state index contributed by atoms with van der Waals surface area (Å²) in [5.41, 5.74) is 3.65. The Labute approximate surface area is 115 Å². The lowest BCUT2D eigenvalue weighted by Gasteiger charge is -2.20. The van der Waals surface area contributed by atoms with Gasteiger partial charge in [0.05, 0.1) is 5.70 Å². The molecule has 0 heterocycles. The molecule has 1 aromatic rings. The minimum atomic E-state index is 1.20. The smallest absolute Gasteiger partial charge is 0.0508 e. The van der Waals surface area contributed by atoms with Crippen LogP contribution in [0.2, 0.25) is 0 Å². The van der Waals surface area contributed by atoms with Crippen LogP contribution in [0.1, 0.15) is 5.56 Å². The Balaban J connectivity index is 2.55. The quantitative estimate of drug-likeness (QED) is 0.759. The summed E-state index contributed by atoms with van der Waals surface area (Å²) in [6.07, 6.45) is 16.6. The zero-order valence-corrected chi connectivity index (χ0v) is 11.5. The second-order valence-electron chi connectivity index (χ2n) is 4.55. The van der Waals surface area contributed by atoms with Crippen molar-refractivity contribution < 1.29 is 0 Å². The number of nitrogens with zero attached hydrogens (tertiary/aromatic N) is 1. The van der Waals surface area contributed by atoms with Gasteiger partial charge in [0.1, 0.15) is 0 Å². The molecule has 2 rings (SSSR count). The van der Waals surface area contributed by atoms with Crippen molar-refractivity contribution in [3.63, 3.8) is 0 Å². The molecule has 96 valence electrons. The third-order valence-corrected chi connectivity index (χ3v) is 2.87. The van der Waals surface area contributed by atoms with Gasteiger partial charge in [0.25, 0.3) is 0 Å². The predicted molar refractivity (Wildman–Crippen MR) is 83.6 cm³/mol. The third kappa shape index (κ3) is 3.59. The Morgan fingerprint density at radius 3 is 1.79 bits per heavy atom. The normalized spacial score (nSPS) is 20.6. The molecule has 1 nitrogen and oxygen atoms in total. The molecule has 0 fully saturated rings. The van der Waals surface area contributed by atoms with Gasteiger partial charge in [-0.3, -0.25) is 0 Å². The topological polar surface area (TPSA) is 3.24 Å². The highest BCUT2D eigenvalue weighted by atomic mass is 15.1. The summed E-state index contributed by atoms with van der Waals surface area (Å²) < 4.78 is 0. The van der Waals surface area contributed by atoms with Gasteiger partial charge in [-0.15, -0.1) is 0 Å². The van der Waals surface area contributed by atoms with Gasteiger partial charge in [0.15, 0.2) is 0 Å². The molecule has 1 heteroatoms. The molecule has 1 aromatic carbocycles. The molecule has 0 unspecified atom stereocenters. The molecule has 1 aliphatic carbocycles. The molecular weight excluding hydrogens is 230 g/mol. The number of allylic oxidation sites excluding steroid dienone is 9. The lowest BCUT2D eigenvalue weighted by Crippen LogP contribution is -2.11. The Morgan fingerprint density at radius 2 is 1.26 bits per heavy atom. The van der Waals surface area contributed by atoms with Crippen LogP contribution >= 0.6 is 0 Å². The SMILES string of the molecule is CN(C)C(=C1\C=C/C=C\C=C/C=C\1)c1ccccc1. The van der Waals surface area contributed by atoms with Crippen LogP contribution < -0.4 is 0 Å². The van der Waals surface area contributed by atoms with E-state index in [4.69, 9.17) is 0 Å². The van der Waals surface area contributed by atoms with Crippen LogP contribution in [0, 0.1) is 0 Å². The number of hydrogen-bond acceptors (Lipinski definition) is 1. The van der Waals surface area contributed by atoms with Gasteiger partial charge in [-0.05, 0) is 11.1 Å². The van der Waals surface area contributed by atoms with Crippen molar-refractivity contribution in [2.24, 2.45) is 0 Å². The van der Waals surface area contributed by atoms with E-state index in [9.17, 15) is 0 Å². The Kier molecular flexibility index (Phi) is 4.57. The fourth-order valence-electron chi connectivity index (χ4n) is 2.07. The second-order valence-corrected chi connectivity index (χ2v) is 4.55. The van der Waals surface area contributed by atoms with Crippen LogP contribution in [-0.4, -0.2) is 19.0 Å². The number of benzene rings is 1. The van der Waals surface area contributed by atoms with Crippen LogP contribution in [0.25, 0.3) is 5.70 Å². The summed E-state index contributed by atoms with van der Waals surface area (Å²) in [7, 11) is 4.16. The maximum absolute atomic E-state index is 2.16. The maximum Gasteiger partial charge on any atom is 0.0508 e. The highest BCUT2D eigenvalue weighted by Crippen LogP contribution is 2.23. The summed E-state index contributed by atoms with van der Waals surface area (Å²) in [5.74, 6) is 0. The van der Waals surface area contributed by atoms with E-state index in [0.29, 0.717) is 0 Å². The molecule has 0 saturated heterocycles. The monoisotopic (exact) mass is 249 g/mol. The third-order valence-electron chi connectivity index (χ3n) is 2.87. The second kappa shape index (κ2) is 6.60. The molecule has 0 saturated carbocycles. The number of hydrogen-bond donors (Lipinski definition) is 0. The fourth-order valence-corrected chi connectivity index (χ4v) is 2.07. The average Bonchev–Trinajstić information content (AvgIpc) is 2.54. The summed E-state index contributed by atoms with van der Waals surface area (Å²) in [6, 6.07) is 10.5. The van der Waals surface area contributed by atoms with E-state index in [-0.39, 0.29) is 0 Å². The van der Waals surface area contributed by atoms with Crippen LogP contribution in [0.5, 0.6) is 0 Å². The van der Waals surface area contributed by atoms with E-state index in [1.807, 2.05) is 30.4 Å². The Hall–Kier alpha value is -2.28. The molecule has 0 atom stereocenters. The van der Waals surface area contributed by atoms with E-state index in [0.717, 1.165) is 0 Å². The number of rotatable bonds is 2. The molecule has 0 bridgehead atoms. The van der Waals surface area contributed by atoms with Crippen molar-refractivity contribution in [2.45, 2.75) is 0 Å². The minimum absolute atomic E-state index is 1.20. The van der Waals surface area contributed by atoms with Gasteiger partial charge >= 0.3 is 0 Å². The van der Waals surface area contributed by atoms with Crippen molar-refractivity contribution in [2.75, 3.05) is 14.1 Å². The fraction of sp³-hybridized carbons (Fsp3) is 0.111. The van der Waals surface area contributed by atoms with Crippen molar-refractivity contribution in [3.05, 3.63) is 90.1 Å². The molecule has 1 aliphatic rings. The zero-order valence-electron chi connectivity index (χ0n) is 11.5. The van der Waals surface area contributed by atoms with E-state index in [1.54, 1.807) is 0 Å². The van der Waals surface area contributed by atoms with Crippen LogP contribution in [0.4, 0.5) is 0 Å². The molecule has 0 radical (unpaired) electrons. The van der Waals surface area contributed by atoms with E-state index in [1.165, 1.54) is 16.8 Å². The van der Waals surface area contributed by atoms with Crippen molar-refractivity contribution >= 4 is 5.70 Å². The first-order valence-electron chi connectivity index (χ1n) is 6.44. The maximum atomic E-state index is 2.16. The van der Waals surface area contributed by atoms with E-state index < -0.39 is 0 Å². The van der Waals surface area contributed by atoms with Gasteiger partial charge < -0.3 is 4.90 Å². The molecule has 0 amide bonds. The largest absolute Gasteiger partial charge is 0.377 e. The first kappa shape index (κ1) is 13.2. The first-order valence-corrected chi connectivity index (χ1v) is 6.44. The first-order chi connectivity index (χ1) is 9.29. The highest BCUT2D eigenvalue weighted by molar-refractivity contribution is 5.72. The predicted octanol–water partition coefficient (Wildman–Crippen LogP) is 4.20. The lowest BCUT2D eigenvalue weighted by molar-refractivity contribution is 0.590. The van der Waals surface area contributed by atoms with Gasteiger partial charge in [0, 0.05) is 14.1 Å². The Morgan fingerprint density at radius 1 is 0.737 bits per heavy atom. The summed E-state index contributed by atoms with van der Waals surface area (Å²) >= 11 is 0. The minimum Gasteiger partial charge on any atom is -0.377 e. The van der Waals surface area contributed by atoms with Crippen LogP contribution in [0.15, 0.2) is 84.5 Å². The van der Waals surface area contributed by atoms with E-state index in [2.05, 4.69) is 67.6 Å². The average molecular weight is 249 g/mol. The highest BCUT2D eigenvalue weighted by Gasteiger charge is 2.07. The Bertz CT molecular complexity index is 531. The van der Waals surface area contributed by atoms with Gasteiger partial charge in [-0.2, -0.15) is 0 Å². The lowest BCUT2D eigenvalue weighted by atomic mass is 10.0. The summed E-state index contributed by atoms with van der Waals surface area (Å²) in [4.78, 5) is 2.16. The zero-order chi connectivity index (χ0) is 13.5. The van der Waals surface area contributed by atoms with Crippen LogP contribution in [-0.2, 0) is 0 Å².